The van der Waals surface area contributed by atoms with Gasteiger partial charge in [-0.15, -0.1) is 0 Å². The van der Waals surface area contributed by atoms with Crippen LogP contribution in [0.5, 0.6) is 0 Å². The molecule has 2 aromatic rings. The van der Waals surface area contributed by atoms with Crippen molar-refractivity contribution < 1.29 is 9.72 Å². The number of aliphatic imine (C=N–C) groups is 1. The number of amides is 1. The fourth-order valence-electron chi connectivity index (χ4n) is 2.04. The number of carbonyl (C=O) groups is 1. The number of anilines is 1. The van der Waals surface area contributed by atoms with Crippen molar-refractivity contribution in [2.24, 2.45) is 4.99 Å². The zero-order chi connectivity index (χ0) is 15.5. The Bertz CT molecular complexity index is 744. The summed E-state index contributed by atoms with van der Waals surface area (Å²) in [4.78, 5) is 28.2. The molecule has 3 rings (SSSR count). The number of carbonyl (C=O) groups excluding carboxylic acids is 1. The van der Waals surface area contributed by atoms with Crippen LogP contribution in [-0.2, 0) is 4.79 Å². The number of hydrogen-bond acceptors (Lipinski definition) is 5. The molecule has 1 amide bonds. The van der Waals surface area contributed by atoms with Crippen molar-refractivity contribution in [3.8, 4) is 0 Å². The van der Waals surface area contributed by atoms with Gasteiger partial charge in [-0.25, -0.2) is 4.99 Å². The fourth-order valence-corrected chi connectivity index (χ4v) is 2.92. The van der Waals surface area contributed by atoms with Gasteiger partial charge in [0.15, 0.2) is 5.17 Å². The molecule has 1 aliphatic heterocycles. The Morgan fingerprint density at radius 2 is 1.77 bits per heavy atom. The van der Waals surface area contributed by atoms with E-state index in [4.69, 9.17) is 0 Å². The van der Waals surface area contributed by atoms with Gasteiger partial charge in [0.25, 0.3) is 5.69 Å². The van der Waals surface area contributed by atoms with E-state index in [9.17, 15) is 14.9 Å². The summed E-state index contributed by atoms with van der Waals surface area (Å²) in [5.74, 6) is 0.303. The largest absolute Gasteiger partial charge is 0.273 e. The van der Waals surface area contributed by atoms with Crippen LogP contribution in [0.15, 0.2) is 59.6 Å². The van der Waals surface area contributed by atoms with Gasteiger partial charge in [0.2, 0.25) is 5.91 Å². The van der Waals surface area contributed by atoms with E-state index in [0.717, 1.165) is 5.69 Å². The number of amidine groups is 1. The summed E-state index contributed by atoms with van der Waals surface area (Å²) in [6, 6.07) is 15.2. The molecule has 110 valence electrons. The smallest absolute Gasteiger partial charge is 0.269 e. The maximum atomic E-state index is 12.1. The lowest BCUT2D eigenvalue weighted by Gasteiger charge is -2.15. The molecule has 1 aliphatic rings. The highest BCUT2D eigenvalue weighted by Crippen LogP contribution is 2.29. The Balaban J connectivity index is 1.92. The first-order valence-corrected chi connectivity index (χ1v) is 7.47. The molecule has 0 N–H and O–H groups in total. The number of para-hydroxylation sites is 1. The lowest BCUT2D eigenvalue weighted by molar-refractivity contribution is -0.384. The van der Waals surface area contributed by atoms with E-state index in [1.807, 2.05) is 30.3 Å². The third-order valence-electron chi connectivity index (χ3n) is 3.07. The second kappa shape index (κ2) is 5.98. The van der Waals surface area contributed by atoms with Crippen LogP contribution >= 0.6 is 11.8 Å². The summed E-state index contributed by atoms with van der Waals surface area (Å²) in [6.45, 7) is 0. The molecule has 0 unspecified atom stereocenters. The van der Waals surface area contributed by atoms with Gasteiger partial charge in [-0.1, -0.05) is 30.0 Å². The van der Waals surface area contributed by atoms with Crippen LogP contribution in [0.3, 0.4) is 0 Å². The van der Waals surface area contributed by atoms with Crippen LogP contribution in [0.2, 0.25) is 0 Å². The first-order valence-electron chi connectivity index (χ1n) is 6.49. The van der Waals surface area contributed by atoms with Crippen LogP contribution in [0.25, 0.3) is 0 Å². The van der Waals surface area contributed by atoms with Crippen molar-refractivity contribution in [2.75, 3.05) is 10.7 Å². The first-order chi connectivity index (χ1) is 10.6. The molecule has 0 bridgehead atoms. The minimum Gasteiger partial charge on any atom is -0.273 e. The lowest BCUT2D eigenvalue weighted by Crippen LogP contribution is -2.28. The maximum absolute atomic E-state index is 12.1. The van der Waals surface area contributed by atoms with Crippen LogP contribution in [-0.4, -0.2) is 21.8 Å². The summed E-state index contributed by atoms with van der Waals surface area (Å²) in [7, 11) is 0. The summed E-state index contributed by atoms with van der Waals surface area (Å²) in [5, 5.41) is 11.2. The standard InChI is InChI=1S/C15H11N3O3S/c19-14-10-22-15(17(14)12-4-2-1-3-5-12)16-11-6-8-13(9-7-11)18(20)21/h1-9H,10H2. The van der Waals surface area contributed by atoms with Gasteiger partial charge in [0.1, 0.15) is 0 Å². The van der Waals surface area contributed by atoms with Crippen molar-refractivity contribution >= 4 is 39.9 Å². The van der Waals surface area contributed by atoms with E-state index >= 15 is 0 Å². The summed E-state index contributed by atoms with van der Waals surface area (Å²) >= 11 is 1.35. The number of benzene rings is 2. The Hall–Kier alpha value is -2.67. The minimum absolute atomic E-state index is 0.0130. The molecule has 1 saturated heterocycles. The van der Waals surface area contributed by atoms with Crippen molar-refractivity contribution in [1.29, 1.82) is 0 Å². The highest BCUT2D eigenvalue weighted by molar-refractivity contribution is 8.15. The number of hydrogen-bond donors (Lipinski definition) is 0. The van der Waals surface area contributed by atoms with Gasteiger partial charge in [0.05, 0.1) is 22.1 Å². The molecule has 0 radical (unpaired) electrons. The van der Waals surface area contributed by atoms with Crippen molar-refractivity contribution in [1.82, 2.24) is 0 Å². The van der Waals surface area contributed by atoms with Crippen LogP contribution in [0.4, 0.5) is 17.1 Å². The topological polar surface area (TPSA) is 75.8 Å². The Morgan fingerprint density at radius 1 is 1.09 bits per heavy atom. The van der Waals surface area contributed by atoms with E-state index in [1.54, 1.807) is 17.0 Å². The Labute approximate surface area is 130 Å². The quantitative estimate of drug-likeness (QED) is 0.643. The second-order valence-corrected chi connectivity index (χ2v) is 5.46. The molecule has 0 spiro atoms. The molecule has 0 saturated carbocycles. The molecule has 7 heteroatoms. The van der Waals surface area contributed by atoms with E-state index in [-0.39, 0.29) is 11.6 Å². The molecular weight excluding hydrogens is 302 g/mol. The minimum atomic E-state index is -0.457. The van der Waals surface area contributed by atoms with Crippen LogP contribution in [0.1, 0.15) is 0 Å². The predicted molar refractivity (Wildman–Crippen MR) is 86.6 cm³/mol. The van der Waals surface area contributed by atoms with E-state index in [2.05, 4.69) is 4.99 Å². The van der Waals surface area contributed by atoms with Crippen molar-refractivity contribution in [3.63, 3.8) is 0 Å². The number of non-ortho nitro benzene ring substituents is 1. The fraction of sp³-hybridized carbons (Fsp3) is 0.0667. The third-order valence-corrected chi connectivity index (χ3v) is 3.99. The van der Waals surface area contributed by atoms with Crippen LogP contribution < -0.4 is 4.90 Å². The molecule has 2 aromatic carbocycles. The Kier molecular flexibility index (Phi) is 3.88. The zero-order valence-corrected chi connectivity index (χ0v) is 12.2. The molecular formula is C15H11N3O3S. The highest BCUT2D eigenvalue weighted by atomic mass is 32.2. The highest BCUT2D eigenvalue weighted by Gasteiger charge is 2.29. The van der Waals surface area contributed by atoms with Gasteiger partial charge in [-0.2, -0.15) is 0 Å². The summed E-state index contributed by atoms with van der Waals surface area (Å²) < 4.78 is 0. The van der Waals surface area contributed by atoms with Gasteiger partial charge in [-0.3, -0.25) is 19.8 Å². The first kappa shape index (κ1) is 14.3. The molecule has 1 heterocycles. The monoisotopic (exact) mass is 313 g/mol. The van der Waals surface area contributed by atoms with Crippen molar-refractivity contribution in [3.05, 3.63) is 64.7 Å². The molecule has 0 atom stereocenters. The normalized spacial score (nSPS) is 16.3. The average molecular weight is 313 g/mol. The van der Waals surface area contributed by atoms with Crippen molar-refractivity contribution in [2.45, 2.75) is 0 Å². The molecule has 0 aromatic heterocycles. The van der Waals surface area contributed by atoms with Gasteiger partial charge in [0, 0.05) is 12.1 Å². The van der Waals surface area contributed by atoms with E-state index < -0.39 is 4.92 Å². The van der Waals surface area contributed by atoms with Gasteiger partial charge >= 0.3 is 0 Å². The molecule has 1 fully saturated rings. The number of nitro benzene ring substituents is 1. The van der Waals surface area contributed by atoms with Gasteiger partial charge < -0.3 is 0 Å². The number of nitro groups is 1. The summed E-state index contributed by atoms with van der Waals surface area (Å²) in [6.07, 6.45) is 0. The molecule has 22 heavy (non-hydrogen) atoms. The summed E-state index contributed by atoms with van der Waals surface area (Å²) in [5.41, 5.74) is 1.35. The SMILES string of the molecule is O=C1CSC(=Nc2ccc([N+](=O)[O-])cc2)N1c1ccccc1. The molecule has 0 aliphatic carbocycles. The average Bonchev–Trinajstić information content (AvgIpc) is 2.89. The zero-order valence-electron chi connectivity index (χ0n) is 11.4. The Morgan fingerprint density at radius 3 is 2.41 bits per heavy atom. The van der Waals surface area contributed by atoms with Crippen LogP contribution in [0, 0.1) is 10.1 Å². The predicted octanol–water partition coefficient (Wildman–Crippen LogP) is 3.36. The van der Waals surface area contributed by atoms with E-state index in [1.165, 1.54) is 23.9 Å². The van der Waals surface area contributed by atoms with Gasteiger partial charge in [-0.05, 0) is 24.3 Å². The maximum Gasteiger partial charge on any atom is 0.269 e. The molecule has 6 nitrogen and oxygen atoms in total. The van der Waals surface area contributed by atoms with E-state index in [0.29, 0.717) is 16.6 Å². The lowest BCUT2D eigenvalue weighted by atomic mass is 10.3. The number of thioether (sulfide) groups is 1. The third kappa shape index (κ3) is 2.84. The number of rotatable bonds is 3. The number of nitrogens with zero attached hydrogens (tertiary/aromatic N) is 3. The second-order valence-electron chi connectivity index (χ2n) is 4.52.